The fraction of sp³-hybridized carbons (Fsp3) is 0.250. The number of aromatic hydroxyl groups is 1. The van der Waals surface area contributed by atoms with E-state index in [9.17, 15) is 14.7 Å². The van der Waals surface area contributed by atoms with Gasteiger partial charge in [0.15, 0.2) is 0 Å². The second-order valence-electron chi connectivity index (χ2n) is 5.02. The summed E-state index contributed by atoms with van der Waals surface area (Å²) in [4.78, 5) is 23.7. The molecule has 0 radical (unpaired) electrons. The Morgan fingerprint density at radius 2 is 1.95 bits per heavy atom. The molecule has 0 saturated heterocycles. The van der Waals surface area contributed by atoms with Crippen molar-refractivity contribution in [2.75, 3.05) is 7.11 Å². The van der Waals surface area contributed by atoms with Crippen molar-refractivity contribution in [2.24, 2.45) is 0 Å². The summed E-state index contributed by atoms with van der Waals surface area (Å²) < 4.78 is 4.64. The fourth-order valence-corrected chi connectivity index (χ4v) is 2.17. The van der Waals surface area contributed by atoms with Gasteiger partial charge in [-0.1, -0.05) is 12.1 Å². The number of carbonyl (C=O) groups excluding carboxylic acids is 2. The molecule has 0 heterocycles. The first-order chi connectivity index (χ1) is 9.93. The Labute approximate surface area is 122 Å². The number of rotatable bonds is 3. The van der Waals surface area contributed by atoms with E-state index in [2.05, 4.69) is 10.1 Å². The Morgan fingerprint density at radius 3 is 2.57 bits per heavy atom. The zero-order chi connectivity index (χ0) is 15.6. The molecule has 110 valence electrons. The average Bonchev–Trinajstić information content (AvgIpc) is 2.44. The molecule has 2 N–H and O–H groups in total. The zero-order valence-corrected chi connectivity index (χ0v) is 12.1. The predicted octanol–water partition coefficient (Wildman–Crippen LogP) is 2.47. The van der Waals surface area contributed by atoms with Gasteiger partial charge in [0.05, 0.1) is 18.2 Å². The average molecular weight is 287 g/mol. The summed E-state index contributed by atoms with van der Waals surface area (Å²) in [5.41, 5.74) is 0.610. The van der Waals surface area contributed by atoms with Crippen LogP contribution in [0.4, 0.5) is 0 Å². The van der Waals surface area contributed by atoms with Gasteiger partial charge in [0.1, 0.15) is 5.75 Å². The summed E-state index contributed by atoms with van der Waals surface area (Å²) in [5, 5.41) is 14.0. The molecule has 0 unspecified atom stereocenters. The van der Waals surface area contributed by atoms with Crippen LogP contribution in [0.15, 0.2) is 30.3 Å². The molecule has 2 rings (SSSR count). The SMILES string of the molecule is COC(=O)c1cc(O)c2c(C(=O)NC(C)C)cccc2c1. The lowest BCUT2D eigenvalue weighted by molar-refractivity contribution is 0.0600. The molecule has 0 aliphatic heterocycles. The highest BCUT2D eigenvalue weighted by Gasteiger charge is 2.16. The van der Waals surface area contributed by atoms with E-state index in [0.717, 1.165) is 0 Å². The predicted molar refractivity (Wildman–Crippen MR) is 79.6 cm³/mol. The van der Waals surface area contributed by atoms with Gasteiger partial charge in [-0.15, -0.1) is 0 Å². The summed E-state index contributed by atoms with van der Waals surface area (Å²) in [6.45, 7) is 3.72. The Bertz CT molecular complexity index is 707. The summed E-state index contributed by atoms with van der Waals surface area (Å²) in [6, 6.07) is 7.96. The summed E-state index contributed by atoms with van der Waals surface area (Å²) in [6.07, 6.45) is 0. The van der Waals surface area contributed by atoms with E-state index >= 15 is 0 Å². The van der Waals surface area contributed by atoms with E-state index in [1.807, 2.05) is 13.8 Å². The third-order valence-corrected chi connectivity index (χ3v) is 3.04. The molecule has 2 aromatic rings. The lowest BCUT2D eigenvalue weighted by Gasteiger charge is -2.12. The summed E-state index contributed by atoms with van der Waals surface area (Å²) in [7, 11) is 1.27. The number of phenols is 1. The van der Waals surface area contributed by atoms with Crippen molar-refractivity contribution >= 4 is 22.6 Å². The first-order valence-electron chi connectivity index (χ1n) is 6.59. The topological polar surface area (TPSA) is 75.6 Å². The van der Waals surface area contributed by atoms with Gasteiger partial charge in [0.2, 0.25) is 0 Å². The molecule has 2 aromatic carbocycles. The van der Waals surface area contributed by atoms with Crippen LogP contribution in [-0.2, 0) is 4.74 Å². The van der Waals surface area contributed by atoms with Gasteiger partial charge < -0.3 is 15.2 Å². The molecule has 0 aliphatic carbocycles. The second kappa shape index (κ2) is 5.83. The van der Waals surface area contributed by atoms with Crippen LogP contribution in [0.3, 0.4) is 0 Å². The molecule has 0 saturated carbocycles. The molecule has 0 aliphatic rings. The van der Waals surface area contributed by atoms with Gasteiger partial charge in [-0.3, -0.25) is 4.79 Å². The Balaban J connectivity index is 2.60. The smallest absolute Gasteiger partial charge is 0.338 e. The number of methoxy groups -OCH3 is 1. The Hall–Kier alpha value is -2.56. The Morgan fingerprint density at radius 1 is 1.24 bits per heavy atom. The van der Waals surface area contributed by atoms with Crippen LogP contribution in [0.2, 0.25) is 0 Å². The maximum atomic E-state index is 12.2. The van der Waals surface area contributed by atoms with Crippen molar-refractivity contribution in [1.82, 2.24) is 5.32 Å². The van der Waals surface area contributed by atoms with Crippen molar-refractivity contribution in [3.8, 4) is 5.75 Å². The molecule has 5 nitrogen and oxygen atoms in total. The number of hydrogen-bond acceptors (Lipinski definition) is 4. The van der Waals surface area contributed by atoms with Crippen LogP contribution in [0.1, 0.15) is 34.6 Å². The number of fused-ring (bicyclic) bond motifs is 1. The largest absolute Gasteiger partial charge is 0.507 e. The number of ether oxygens (including phenoxy) is 1. The van der Waals surface area contributed by atoms with E-state index in [-0.39, 0.29) is 23.3 Å². The third-order valence-electron chi connectivity index (χ3n) is 3.04. The molecule has 21 heavy (non-hydrogen) atoms. The van der Waals surface area contributed by atoms with Crippen LogP contribution in [0, 0.1) is 0 Å². The van der Waals surface area contributed by atoms with Crippen LogP contribution < -0.4 is 5.32 Å². The fourth-order valence-electron chi connectivity index (χ4n) is 2.17. The first-order valence-corrected chi connectivity index (χ1v) is 6.59. The van der Waals surface area contributed by atoms with Crippen LogP contribution in [0.5, 0.6) is 5.75 Å². The van der Waals surface area contributed by atoms with Gasteiger partial charge in [0, 0.05) is 11.4 Å². The highest BCUT2D eigenvalue weighted by molar-refractivity contribution is 6.10. The molecular weight excluding hydrogens is 270 g/mol. The minimum Gasteiger partial charge on any atom is -0.507 e. The lowest BCUT2D eigenvalue weighted by Crippen LogP contribution is -2.30. The van der Waals surface area contributed by atoms with Gasteiger partial charge in [-0.05, 0) is 37.4 Å². The number of nitrogens with one attached hydrogen (secondary N) is 1. The molecule has 0 bridgehead atoms. The lowest BCUT2D eigenvalue weighted by atomic mass is 10.00. The van der Waals surface area contributed by atoms with Crippen molar-refractivity contribution in [3.63, 3.8) is 0 Å². The van der Waals surface area contributed by atoms with Gasteiger partial charge >= 0.3 is 5.97 Å². The van der Waals surface area contributed by atoms with E-state index in [1.54, 1.807) is 24.3 Å². The standard InChI is InChI=1S/C16H17NO4/c1-9(2)17-15(19)12-6-4-5-10-7-11(16(20)21-3)8-13(18)14(10)12/h4-9,18H,1-3H3,(H,17,19). The maximum absolute atomic E-state index is 12.2. The highest BCUT2D eigenvalue weighted by atomic mass is 16.5. The van der Waals surface area contributed by atoms with Crippen molar-refractivity contribution in [1.29, 1.82) is 0 Å². The molecule has 1 amide bonds. The molecule has 0 fully saturated rings. The van der Waals surface area contributed by atoms with Crippen molar-refractivity contribution in [2.45, 2.75) is 19.9 Å². The van der Waals surface area contributed by atoms with Crippen LogP contribution in [-0.4, -0.2) is 30.1 Å². The quantitative estimate of drug-likeness (QED) is 0.850. The maximum Gasteiger partial charge on any atom is 0.338 e. The third kappa shape index (κ3) is 2.97. The molecular formula is C16H17NO4. The van der Waals surface area contributed by atoms with E-state index in [4.69, 9.17) is 0 Å². The number of phenolic OH excluding ortho intramolecular Hbond substituents is 1. The minimum atomic E-state index is -0.538. The van der Waals surface area contributed by atoms with E-state index in [1.165, 1.54) is 13.2 Å². The van der Waals surface area contributed by atoms with E-state index in [0.29, 0.717) is 16.3 Å². The second-order valence-corrected chi connectivity index (χ2v) is 5.02. The van der Waals surface area contributed by atoms with Gasteiger partial charge in [-0.2, -0.15) is 0 Å². The summed E-state index contributed by atoms with van der Waals surface area (Å²) in [5.74, 6) is -0.927. The molecule has 5 heteroatoms. The first kappa shape index (κ1) is 14.8. The van der Waals surface area contributed by atoms with Crippen molar-refractivity contribution < 1.29 is 19.4 Å². The Kier molecular flexibility index (Phi) is 4.12. The molecule has 0 atom stereocenters. The number of esters is 1. The number of hydrogen-bond donors (Lipinski definition) is 2. The number of amides is 1. The number of benzene rings is 2. The van der Waals surface area contributed by atoms with Gasteiger partial charge in [0.25, 0.3) is 5.91 Å². The monoisotopic (exact) mass is 287 g/mol. The minimum absolute atomic E-state index is 0.00996. The van der Waals surface area contributed by atoms with Gasteiger partial charge in [-0.25, -0.2) is 4.79 Å². The van der Waals surface area contributed by atoms with Crippen LogP contribution >= 0.6 is 0 Å². The van der Waals surface area contributed by atoms with E-state index < -0.39 is 5.97 Å². The zero-order valence-electron chi connectivity index (χ0n) is 12.1. The normalized spacial score (nSPS) is 10.7. The summed E-state index contributed by atoms with van der Waals surface area (Å²) >= 11 is 0. The van der Waals surface area contributed by atoms with Crippen LogP contribution in [0.25, 0.3) is 10.8 Å². The highest BCUT2D eigenvalue weighted by Crippen LogP contribution is 2.30. The number of carbonyl (C=O) groups is 2. The molecule has 0 aromatic heterocycles. The molecule has 0 spiro atoms. The van der Waals surface area contributed by atoms with Crippen molar-refractivity contribution in [3.05, 3.63) is 41.5 Å².